The first kappa shape index (κ1) is 30.0. The van der Waals surface area contributed by atoms with Crippen molar-refractivity contribution in [3.63, 3.8) is 0 Å². The second kappa shape index (κ2) is 26.5. The number of para-hydroxylation sites is 1. The lowest BCUT2D eigenvalue weighted by atomic mass is 10.3. The molecule has 0 aliphatic carbocycles. The Hall–Kier alpha value is -2.75. The summed E-state index contributed by atoms with van der Waals surface area (Å²) in [5, 5.41) is 3.08. The maximum Gasteiger partial charge on any atom is 0.230 e. The van der Waals surface area contributed by atoms with Gasteiger partial charge in [0.2, 0.25) is 5.95 Å². The highest BCUT2D eigenvalue weighted by molar-refractivity contribution is 5.52. The Bertz CT molecular complexity index is 587. The minimum Gasteiger partial charge on any atom is -0.324 e. The van der Waals surface area contributed by atoms with Crippen LogP contribution in [0.1, 0.15) is 61.2 Å². The number of hydrogen-bond donors (Lipinski definition) is 1. The van der Waals surface area contributed by atoms with E-state index in [2.05, 4.69) is 20.3 Å². The molecule has 1 heterocycles. The van der Waals surface area contributed by atoms with Crippen molar-refractivity contribution in [2.45, 2.75) is 62.3 Å². The molecule has 4 nitrogen and oxygen atoms in total. The minimum atomic E-state index is 0.573. The molecule has 0 amide bonds. The first-order valence-electron chi connectivity index (χ1n) is 10.3. The molecule has 0 fully saturated rings. The molecule has 28 heavy (non-hydrogen) atoms. The summed E-state index contributed by atoms with van der Waals surface area (Å²) in [6, 6.07) is 21.8. The lowest BCUT2D eigenvalue weighted by Crippen LogP contribution is -1.99. The Morgan fingerprint density at radius 2 is 0.964 bits per heavy atom. The summed E-state index contributed by atoms with van der Waals surface area (Å²) in [6.45, 7) is 17.8. The quantitative estimate of drug-likeness (QED) is 0.491. The summed E-state index contributed by atoms with van der Waals surface area (Å²) in [6.07, 6.45) is 1.49. The number of aryl methyl sites for hydroxylation is 1. The largest absolute Gasteiger partial charge is 0.324 e. The maximum atomic E-state index is 4.14. The van der Waals surface area contributed by atoms with Gasteiger partial charge in [0, 0.05) is 5.69 Å². The molecular weight excluding hydrogens is 344 g/mol. The Kier molecular flexibility index (Phi) is 28.4. The SMILES string of the molecule is CC.CC.CC.CC.Cc1ncnc(Nc2ccccc2)n1.c1ccccc1. The van der Waals surface area contributed by atoms with Gasteiger partial charge < -0.3 is 5.32 Å². The second-order valence-corrected chi connectivity index (χ2v) is 4.00. The van der Waals surface area contributed by atoms with Crippen LogP contribution in [0.4, 0.5) is 11.6 Å². The maximum absolute atomic E-state index is 4.14. The normalized spacial score (nSPS) is 7.46. The smallest absolute Gasteiger partial charge is 0.230 e. The third-order valence-electron chi connectivity index (χ3n) is 2.39. The molecule has 156 valence electrons. The Balaban J connectivity index is -0.000000375. The zero-order chi connectivity index (χ0) is 22.0. The number of anilines is 2. The van der Waals surface area contributed by atoms with Gasteiger partial charge in [0.05, 0.1) is 0 Å². The molecule has 0 unspecified atom stereocenters. The van der Waals surface area contributed by atoms with Crippen LogP contribution in [0.2, 0.25) is 0 Å². The number of hydrogen-bond acceptors (Lipinski definition) is 4. The Labute approximate surface area is 173 Å². The summed E-state index contributed by atoms with van der Waals surface area (Å²) >= 11 is 0. The van der Waals surface area contributed by atoms with Crippen molar-refractivity contribution in [2.75, 3.05) is 5.32 Å². The monoisotopic (exact) mass is 384 g/mol. The standard InChI is InChI=1S/C10H10N4.C6H6.4C2H6/c1-8-11-7-12-10(13-8)14-9-5-3-2-4-6-9;1-2-4-6-5-3-1;4*1-2/h2-7H,1H3,(H,11,12,13,14);1-6H;4*1-2H3. The van der Waals surface area contributed by atoms with Gasteiger partial charge in [0.1, 0.15) is 12.2 Å². The molecular formula is C24H40N4. The van der Waals surface area contributed by atoms with Gasteiger partial charge in [-0.3, -0.25) is 0 Å². The van der Waals surface area contributed by atoms with E-state index in [1.54, 1.807) is 0 Å². The van der Waals surface area contributed by atoms with Crippen LogP contribution in [0.25, 0.3) is 0 Å². The summed E-state index contributed by atoms with van der Waals surface area (Å²) in [5.74, 6) is 1.28. The lowest BCUT2D eigenvalue weighted by Gasteiger charge is -2.03. The van der Waals surface area contributed by atoms with Crippen LogP contribution in [0, 0.1) is 6.92 Å². The highest BCUT2D eigenvalue weighted by atomic mass is 15.1. The van der Waals surface area contributed by atoms with E-state index >= 15 is 0 Å². The second-order valence-electron chi connectivity index (χ2n) is 4.00. The van der Waals surface area contributed by atoms with Crippen molar-refractivity contribution in [2.24, 2.45) is 0 Å². The molecule has 0 saturated heterocycles. The summed E-state index contributed by atoms with van der Waals surface area (Å²) in [5.41, 5.74) is 0.970. The number of benzene rings is 2. The number of rotatable bonds is 2. The first-order valence-corrected chi connectivity index (χ1v) is 10.3. The van der Waals surface area contributed by atoms with Crippen LogP contribution >= 0.6 is 0 Å². The van der Waals surface area contributed by atoms with Gasteiger partial charge in [-0.25, -0.2) is 9.97 Å². The topological polar surface area (TPSA) is 50.7 Å². The van der Waals surface area contributed by atoms with Gasteiger partial charge in [0.25, 0.3) is 0 Å². The number of nitrogens with zero attached hydrogens (tertiary/aromatic N) is 3. The van der Waals surface area contributed by atoms with E-state index in [0.29, 0.717) is 11.8 Å². The summed E-state index contributed by atoms with van der Waals surface area (Å²) in [4.78, 5) is 12.1. The zero-order valence-corrected chi connectivity index (χ0v) is 19.3. The van der Waals surface area contributed by atoms with Crippen LogP contribution in [0.3, 0.4) is 0 Å². The van der Waals surface area contributed by atoms with Crippen LogP contribution in [0.15, 0.2) is 73.1 Å². The fourth-order valence-electron chi connectivity index (χ4n) is 1.47. The van der Waals surface area contributed by atoms with Gasteiger partial charge >= 0.3 is 0 Å². The number of aromatic nitrogens is 3. The van der Waals surface area contributed by atoms with Crippen LogP contribution in [-0.2, 0) is 0 Å². The average molecular weight is 385 g/mol. The third kappa shape index (κ3) is 18.1. The fourth-order valence-corrected chi connectivity index (χ4v) is 1.47. The Morgan fingerprint density at radius 3 is 1.36 bits per heavy atom. The van der Waals surface area contributed by atoms with Crippen LogP contribution in [0.5, 0.6) is 0 Å². The molecule has 0 bridgehead atoms. The van der Waals surface area contributed by atoms with E-state index < -0.39 is 0 Å². The molecule has 0 aliphatic rings. The molecule has 2 aromatic carbocycles. The zero-order valence-electron chi connectivity index (χ0n) is 19.3. The van der Waals surface area contributed by atoms with E-state index in [1.165, 1.54) is 6.33 Å². The molecule has 1 N–H and O–H groups in total. The van der Waals surface area contributed by atoms with Gasteiger partial charge in [-0.2, -0.15) is 4.98 Å². The predicted octanol–water partition coefficient (Wildman–Crippen LogP) is 7.72. The molecule has 4 heteroatoms. The Morgan fingerprint density at radius 1 is 0.571 bits per heavy atom. The van der Waals surface area contributed by atoms with Crippen molar-refractivity contribution in [3.8, 4) is 0 Å². The highest BCUT2D eigenvalue weighted by Crippen LogP contribution is 2.10. The highest BCUT2D eigenvalue weighted by Gasteiger charge is 1.96. The fraction of sp³-hybridized carbons (Fsp3) is 0.375. The van der Waals surface area contributed by atoms with E-state index in [4.69, 9.17) is 0 Å². The van der Waals surface area contributed by atoms with Crippen LogP contribution in [-0.4, -0.2) is 15.0 Å². The number of nitrogens with one attached hydrogen (secondary N) is 1. The van der Waals surface area contributed by atoms with Gasteiger partial charge in [0.15, 0.2) is 0 Å². The van der Waals surface area contributed by atoms with E-state index in [0.717, 1.165) is 5.69 Å². The average Bonchev–Trinajstić information content (AvgIpc) is 2.82. The van der Waals surface area contributed by atoms with Gasteiger partial charge in [-0.05, 0) is 19.1 Å². The molecule has 0 atom stereocenters. The van der Waals surface area contributed by atoms with Crippen molar-refractivity contribution in [1.82, 2.24) is 15.0 Å². The van der Waals surface area contributed by atoms with E-state index in [1.807, 2.05) is 129 Å². The molecule has 0 spiro atoms. The third-order valence-corrected chi connectivity index (χ3v) is 2.39. The van der Waals surface area contributed by atoms with E-state index in [9.17, 15) is 0 Å². The minimum absolute atomic E-state index is 0.573. The van der Waals surface area contributed by atoms with Gasteiger partial charge in [-0.1, -0.05) is 110 Å². The molecule has 0 aliphatic heterocycles. The van der Waals surface area contributed by atoms with E-state index in [-0.39, 0.29) is 0 Å². The van der Waals surface area contributed by atoms with Crippen molar-refractivity contribution < 1.29 is 0 Å². The molecule has 0 saturated carbocycles. The first-order chi connectivity index (χ1) is 13.8. The summed E-state index contributed by atoms with van der Waals surface area (Å²) in [7, 11) is 0. The van der Waals surface area contributed by atoms with Crippen molar-refractivity contribution in [1.29, 1.82) is 0 Å². The molecule has 0 radical (unpaired) electrons. The molecule has 3 rings (SSSR count). The predicted molar refractivity (Wildman–Crippen MR) is 126 cm³/mol. The summed E-state index contributed by atoms with van der Waals surface area (Å²) < 4.78 is 0. The van der Waals surface area contributed by atoms with Crippen molar-refractivity contribution >= 4 is 11.6 Å². The van der Waals surface area contributed by atoms with Gasteiger partial charge in [-0.15, -0.1) is 0 Å². The van der Waals surface area contributed by atoms with Crippen molar-refractivity contribution in [3.05, 3.63) is 78.9 Å². The molecule has 1 aromatic heterocycles. The van der Waals surface area contributed by atoms with Crippen LogP contribution < -0.4 is 5.32 Å². The molecule has 3 aromatic rings. The lowest BCUT2D eigenvalue weighted by molar-refractivity contribution is 0.982.